The van der Waals surface area contributed by atoms with E-state index in [0.29, 0.717) is 22.1 Å². The zero-order chi connectivity index (χ0) is 21.3. The highest BCUT2D eigenvalue weighted by molar-refractivity contribution is 9.10. The van der Waals surface area contributed by atoms with Gasteiger partial charge in [-0.25, -0.2) is 9.78 Å². The number of phenols is 1. The molecular weight excluding hydrogens is 472 g/mol. The Kier molecular flexibility index (Phi) is 5.51. The molecule has 4 rings (SSSR count). The summed E-state index contributed by atoms with van der Waals surface area (Å²) in [5.74, 6) is -0.254. The predicted octanol–water partition coefficient (Wildman–Crippen LogP) is 3.65. The summed E-state index contributed by atoms with van der Waals surface area (Å²) in [5, 5.41) is 18.3. The van der Waals surface area contributed by atoms with E-state index in [4.69, 9.17) is 4.52 Å². The molecule has 0 bridgehead atoms. The van der Waals surface area contributed by atoms with Gasteiger partial charge in [0.25, 0.3) is 0 Å². The molecule has 4 aromatic rings. The predicted molar refractivity (Wildman–Crippen MR) is 115 cm³/mol. The van der Waals surface area contributed by atoms with E-state index in [1.165, 1.54) is 22.9 Å². The average Bonchev–Trinajstić information content (AvgIpc) is 3.34. The number of benzene rings is 2. The first-order valence-corrected chi connectivity index (χ1v) is 10.5. The van der Waals surface area contributed by atoms with Crippen molar-refractivity contribution in [3.63, 3.8) is 0 Å². The summed E-state index contributed by atoms with van der Waals surface area (Å²) in [5.41, 5.74) is 1.74. The lowest BCUT2D eigenvalue weighted by Gasteiger charge is -2.08. The Bertz CT molecular complexity index is 1280. The highest BCUT2D eigenvalue weighted by Crippen LogP contribution is 2.26. The normalized spacial score (nSPS) is 10.9. The van der Waals surface area contributed by atoms with E-state index in [9.17, 15) is 14.7 Å². The Morgan fingerprint density at radius 1 is 1.30 bits per heavy atom. The Labute approximate surface area is 182 Å². The largest absolute Gasteiger partial charge is 0.507 e. The molecule has 0 spiro atoms. The van der Waals surface area contributed by atoms with Gasteiger partial charge in [0.15, 0.2) is 16.6 Å². The van der Waals surface area contributed by atoms with Gasteiger partial charge in [0.2, 0.25) is 5.69 Å². The van der Waals surface area contributed by atoms with E-state index in [1.54, 1.807) is 23.6 Å². The topological polar surface area (TPSA) is 112 Å². The van der Waals surface area contributed by atoms with Crippen molar-refractivity contribution in [2.24, 2.45) is 0 Å². The van der Waals surface area contributed by atoms with Gasteiger partial charge in [-0.1, -0.05) is 28.1 Å². The number of aromatic nitrogens is 3. The van der Waals surface area contributed by atoms with Crippen LogP contribution in [0.15, 0.2) is 61.6 Å². The van der Waals surface area contributed by atoms with Gasteiger partial charge < -0.3 is 10.4 Å². The van der Waals surface area contributed by atoms with Crippen molar-refractivity contribution in [3.05, 3.63) is 73.9 Å². The third kappa shape index (κ3) is 3.91. The quantitative estimate of drug-likeness (QED) is 0.282. The second-order valence-electron chi connectivity index (χ2n) is 6.40. The van der Waals surface area contributed by atoms with Gasteiger partial charge in [0.05, 0.1) is 5.56 Å². The van der Waals surface area contributed by atoms with Crippen LogP contribution >= 0.6 is 27.3 Å². The van der Waals surface area contributed by atoms with Crippen molar-refractivity contribution in [1.29, 1.82) is 0 Å². The number of aromatic amines is 1. The Hall–Kier alpha value is -3.24. The fraction of sp³-hybridized carbons (Fsp3) is 0.100. The number of hydrogen-bond acceptors (Lipinski definition) is 7. The lowest BCUT2D eigenvalue weighted by Crippen LogP contribution is -2.36. The van der Waals surface area contributed by atoms with Crippen LogP contribution in [-0.4, -0.2) is 21.1 Å². The second-order valence-corrected chi connectivity index (χ2v) is 8.18. The standard InChI is InChI=1S/C20H15BrN4O4S/c1-11(26)15-4-2-3-12(18(15)27)9-22-20-23-16(10-30-20)17-19(28)29-24-25(17)14-7-5-13(21)6-8-14/h2-8,10H,9H2,1H3,(H2-,22,23,24,26,27,28)/p+1. The van der Waals surface area contributed by atoms with Crippen LogP contribution in [0.25, 0.3) is 17.1 Å². The minimum absolute atomic E-state index is 0.0476. The maximum Gasteiger partial charge on any atom is 0.437 e. The van der Waals surface area contributed by atoms with Crippen LogP contribution < -0.4 is 15.6 Å². The lowest BCUT2D eigenvalue weighted by atomic mass is 10.1. The minimum Gasteiger partial charge on any atom is -0.507 e. The fourth-order valence-electron chi connectivity index (χ4n) is 2.92. The number of para-hydroxylation sites is 1. The molecular formula is C20H16BrN4O4S+. The van der Waals surface area contributed by atoms with Crippen LogP contribution in [-0.2, 0) is 6.54 Å². The van der Waals surface area contributed by atoms with Crippen molar-refractivity contribution in [2.75, 3.05) is 5.32 Å². The van der Waals surface area contributed by atoms with Gasteiger partial charge in [-0.2, -0.15) is 0 Å². The number of halogens is 1. The number of carbonyl (C=O) groups excluding carboxylic acids is 1. The first-order valence-electron chi connectivity index (χ1n) is 8.85. The minimum atomic E-state index is -0.540. The number of thiazole rings is 1. The monoisotopic (exact) mass is 487 g/mol. The average molecular weight is 488 g/mol. The molecule has 3 N–H and O–H groups in total. The smallest absolute Gasteiger partial charge is 0.437 e. The summed E-state index contributed by atoms with van der Waals surface area (Å²) in [4.78, 5) is 28.3. The molecule has 0 fully saturated rings. The molecule has 0 radical (unpaired) electrons. The van der Waals surface area contributed by atoms with Crippen molar-refractivity contribution < 1.29 is 19.1 Å². The van der Waals surface area contributed by atoms with E-state index >= 15 is 0 Å². The molecule has 0 atom stereocenters. The fourth-order valence-corrected chi connectivity index (χ4v) is 3.87. The second kappa shape index (κ2) is 8.25. The molecule has 0 aliphatic rings. The summed E-state index contributed by atoms with van der Waals surface area (Å²) in [7, 11) is 0. The van der Waals surface area contributed by atoms with Crippen LogP contribution in [0.5, 0.6) is 5.75 Å². The summed E-state index contributed by atoms with van der Waals surface area (Å²) >= 11 is 4.70. The van der Waals surface area contributed by atoms with Crippen LogP contribution in [0.3, 0.4) is 0 Å². The van der Waals surface area contributed by atoms with Gasteiger partial charge in [-0.15, -0.1) is 11.3 Å². The number of aromatic hydroxyl groups is 1. The number of H-pyrrole nitrogens is 1. The van der Waals surface area contributed by atoms with Gasteiger partial charge in [0.1, 0.15) is 5.75 Å². The first kappa shape index (κ1) is 20.0. The number of phenolic OH excluding ortho intramolecular Hbond substituents is 1. The molecule has 152 valence electrons. The SMILES string of the molecule is CC(=O)c1cccc(CNc2nc(-c3c(=O)o[nH][n+]3-c3ccc(Br)cc3)cs2)c1O. The molecule has 0 saturated heterocycles. The van der Waals surface area contributed by atoms with Crippen LogP contribution in [0, 0.1) is 0 Å². The highest BCUT2D eigenvalue weighted by Gasteiger charge is 2.27. The number of anilines is 1. The summed E-state index contributed by atoms with van der Waals surface area (Å²) in [6.07, 6.45) is 0. The summed E-state index contributed by atoms with van der Waals surface area (Å²) < 4.78 is 7.41. The zero-order valence-corrected chi connectivity index (χ0v) is 18.1. The van der Waals surface area contributed by atoms with Gasteiger partial charge in [-0.3, -0.25) is 9.32 Å². The molecule has 0 aliphatic heterocycles. The van der Waals surface area contributed by atoms with E-state index < -0.39 is 5.63 Å². The van der Waals surface area contributed by atoms with E-state index in [0.717, 1.165) is 4.47 Å². The third-order valence-electron chi connectivity index (χ3n) is 4.41. The Morgan fingerprint density at radius 3 is 2.80 bits per heavy atom. The molecule has 2 aromatic carbocycles. The number of ketones is 1. The van der Waals surface area contributed by atoms with E-state index in [2.05, 4.69) is 31.5 Å². The first-order chi connectivity index (χ1) is 14.4. The van der Waals surface area contributed by atoms with Gasteiger partial charge >= 0.3 is 11.3 Å². The van der Waals surface area contributed by atoms with E-state index in [1.807, 2.05) is 24.3 Å². The molecule has 0 aliphatic carbocycles. The Morgan fingerprint density at radius 2 is 2.07 bits per heavy atom. The summed E-state index contributed by atoms with van der Waals surface area (Å²) in [6.45, 7) is 1.68. The number of Topliss-reactive ketones (excluding diaryl/α,β-unsaturated/α-hetero) is 1. The molecule has 2 aromatic heterocycles. The van der Waals surface area contributed by atoms with Crippen LogP contribution in [0.4, 0.5) is 5.13 Å². The van der Waals surface area contributed by atoms with Gasteiger partial charge in [-0.05, 0) is 35.1 Å². The highest BCUT2D eigenvalue weighted by atomic mass is 79.9. The van der Waals surface area contributed by atoms with Crippen LogP contribution in [0.1, 0.15) is 22.8 Å². The molecule has 30 heavy (non-hydrogen) atoms. The third-order valence-corrected chi connectivity index (χ3v) is 5.74. The van der Waals surface area contributed by atoms with Crippen molar-refractivity contribution in [3.8, 4) is 22.8 Å². The number of nitrogens with zero attached hydrogens (tertiary/aromatic N) is 2. The molecule has 0 saturated carbocycles. The molecule has 2 heterocycles. The summed E-state index contributed by atoms with van der Waals surface area (Å²) in [6, 6.07) is 12.4. The zero-order valence-electron chi connectivity index (χ0n) is 15.7. The molecule has 0 amide bonds. The maximum absolute atomic E-state index is 12.3. The van der Waals surface area contributed by atoms with Crippen molar-refractivity contribution >= 4 is 38.2 Å². The molecule has 10 heteroatoms. The number of rotatable bonds is 6. The van der Waals surface area contributed by atoms with Crippen molar-refractivity contribution in [2.45, 2.75) is 13.5 Å². The van der Waals surface area contributed by atoms with Gasteiger partial charge in [0, 0.05) is 34.1 Å². The Balaban J connectivity index is 1.58. The lowest BCUT2D eigenvalue weighted by molar-refractivity contribution is -0.660. The molecule has 0 unspecified atom stereocenters. The van der Waals surface area contributed by atoms with Crippen LogP contribution in [0.2, 0.25) is 0 Å². The molecule has 8 nitrogen and oxygen atoms in total. The number of hydrogen-bond donors (Lipinski definition) is 3. The number of nitrogens with one attached hydrogen (secondary N) is 2. The maximum atomic E-state index is 12.3. The number of carbonyl (C=O) groups is 1. The van der Waals surface area contributed by atoms with E-state index in [-0.39, 0.29) is 29.3 Å². The van der Waals surface area contributed by atoms with Crippen molar-refractivity contribution in [1.82, 2.24) is 10.3 Å².